The number of hydrogen-bond acceptors (Lipinski definition) is 4. The maximum atomic E-state index is 10.9. The summed E-state index contributed by atoms with van der Waals surface area (Å²) in [6.07, 6.45) is 5.12. The van der Waals surface area contributed by atoms with Crippen LogP contribution in [0, 0.1) is 23.2 Å². The monoisotopic (exact) mass is 265 g/mol. The van der Waals surface area contributed by atoms with Gasteiger partial charge in [-0.1, -0.05) is 6.42 Å². The van der Waals surface area contributed by atoms with Gasteiger partial charge in [0.1, 0.15) is 0 Å². The first-order chi connectivity index (χ1) is 9.17. The summed E-state index contributed by atoms with van der Waals surface area (Å²) in [5, 5.41) is 21.3. The van der Waals surface area contributed by atoms with Gasteiger partial charge in [0.25, 0.3) is 0 Å². The summed E-state index contributed by atoms with van der Waals surface area (Å²) in [6, 6.07) is 2.51. The summed E-state index contributed by atoms with van der Waals surface area (Å²) in [5.41, 5.74) is 0. The average molecular weight is 265 g/mol. The van der Waals surface area contributed by atoms with Crippen LogP contribution in [0.5, 0.6) is 0 Å². The number of carbonyl (C=O) groups is 1. The van der Waals surface area contributed by atoms with Gasteiger partial charge in [-0.3, -0.25) is 9.69 Å². The highest BCUT2D eigenvalue weighted by molar-refractivity contribution is 5.67. The minimum Gasteiger partial charge on any atom is -0.481 e. The van der Waals surface area contributed by atoms with E-state index in [1.807, 2.05) is 0 Å². The molecule has 1 aliphatic carbocycles. The van der Waals surface area contributed by atoms with Gasteiger partial charge >= 0.3 is 5.97 Å². The summed E-state index contributed by atoms with van der Waals surface area (Å²) in [5.74, 6) is 0.240. The zero-order chi connectivity index (χ0) is 13.7. The number of nitrogens with zero attached hydrogens (tertiary/aromatic N) is 2. The van der Waals surface area contributed by atoms with Gasteiger partial charge in [-0.15, -0.1) is 0 Å². The number of nitrogens with one attached hydrogen (secondary N) is 1. The molecule has 1 aliphatic heterocycles. The second-order valence-electron chi connectivity index (χ2n) is 5.95. The van der Waals surface area contributed by atoms with E-state index in [0.717, 1.165) is 32.0 Å². The van der Waals surface area contributed by atoms with Crippen LogP contribution in [0.3, 0.4) is 0 Å². The summed E-state index contributed by atoms with van der Waals surface area (Å²) >= 11 is 0. The van der Waals surface area contributed by atoms with Crippen LogP contribution in [-0.4, -0.2) is 48.2 Å². The number of aliphatic carboxylic acids is 1. The molecule has 2 unspecified atom stereocenters. The fourth-order valence-electron chi connectivity index (χ4n) is 3.10. The van der Waals surface area contributed by atoms with E-state index in [9.17, 15) is 4.79 Å². The molecule has 1 heterocycles. The quantitative estimate of drug-likeness (QED) is 0.702. The van der Waals surface area contributed by atoms with Gasteiger partial charge in [0.2, 0.25) is 0 Å². The van der Waals surface area contributed by atoms with Gasteiger partial charge in [0, 0.05) is 25.6 Å². The van der Waals surface area contributed by atoms with Crippen molar-refractivity contribution in [3.05, 3.63) is 0 Å². The molecule has 1 saturated heterocycles. The van der Waals surface area contributed by atoms with E-state index in [1.54, 1.807) is 0 Å². The molecule has 2 atom stereocenters. The Bertz CT molecular complexity index is 349. The fraction of sp³-hybridized carbons (Fsp3) is 0.857. The van der Waals surface area contributed by atoms with Crippen LogP contribution < -0.4 is 5.32 Å². The molecule has 0 amide bonds. The van der Waals surface area contributed by atoms with Crippen molar-refractivity contribution in [2.45, 2.75) is 38.1 Å². The van der Waals surface area contributed by atoms with Gasteiger partial charge in [-0.05, 0) is 37.6 Å². The lowest BCUT2D eigenvalue weighted by atomic mass is 9.84. The van der Waals surface area contributed by atoms with Crippen LogP contribution in [0.4, 0.5) is 0 Å². The van der Waals surface area contributed by atoms with Gasteiger partial charge in [0.05, 0.1) is 12.6 Å². The van der Waals surface area contributed by atoms with Crippen LogP contribution in [0.15, 0.2) is 0 Å². The minimum atomic E-state index is -0.735. The average Bonchev–Trinajstić information content (AvgIpc) is 2.26. The summed E-state index contributed by atoms with van der Waals surface area (Å²) in [7, 11) is 0. The van der Waals surface area contributed by atoms with Crippen molar-refractivity contribution < 1.29 is 9.90 Å². The summed E-state index contributed by atoms with van der Waals surface area (Å²) in [4.78, 5) is 12.9. The molecule has 5 nitrogen and oxygen atoms in total. The van der Waals surface area contributed by atoms with E-state index in [4.69, 9.17) is 10.4 Å². The SMILES string of the molecule is N#CCN1CC(CC(=O)O)CC(NCC2CCC2)C1. The normalized spacial score (nSPS) is 28.6. The molecule has 0 aromatic heterocycles. The molecule has 2 aliphatic rings. The van der Waals surface area contributed by atoms with Gasteiger partial charge in [-0.25, -0.2) is 0 Å². The second-order valence-corrected chi connectivity index (χ2v) is 5.95. The zero-order valence-electron chi connectivity index (χ0n) is 11.3. The van der Waals surface area contributed by atoms with Crippen molar-refractivity contribution in [1.82, 2.24) is 10.2 Å². The van der Waals surface area contributed by atoms with E-state index in [-0.39, 0.29) is 12.3 Å². The largest absolute Gasteiger partial charge is 0.481 e. The highest BCUT2D eigenvalue weighted by Crippen LogP contribution is 2.26. The van der Waals surface area contributed by atoms with Crippen LogP contribution >= 0.6 is 0 Å². The molecule has 0 spiro atoms. The Hall–Kier alpha value is -1.12. The minimum absolute atomic E-state index is 0.165. The topological polar surface area (TPSA) is 76.4 Å². The maximum Gasteiger partial charge on any atom is 0.303 e. The van der Waals surface area contributed by atoms with Crippen LogP contribution in [-0.2, 0) is 4.79 Å². The van der Waals surface area contributed by atoms with Crippen LogP contribution in [0.2, 0.25) is 0 Å². The number of piperidine rings is 1. The Labute approximate surface area is 114 Å². The first-order valence-corrected chi connectivity index (χ1v) is 7.22. The highest BCUT2D eigenvalue weighted by atomic mass is 16.4. The maximum absolute atomic E-state index is 10.9. The number of rotatable bonds is 6. The van der Waals surface area contributed by atoms with E-state index >= 15 is 0 Å². The Morgan fingerprint density at radius 3 is 2.74 bits per heavy atom. The smallest absolute Gasteiger partial charge is 0.303 e. The summed E-state index contributed by atoms with van der Waals surface area (Å²) < 4.78 is 0. The molecule has 0 aromatic rings. The van der Waals surface area contributed by atoms with Crippen molar-refractivity contribution in [3.8, 4) is 6.07 Å². The Morgan fingerprint density at radius 2 is 2.16 bits per heavy atom. The van der Waals surface area contributed by atoms with Gasteiger partial charge < -0.3 is 10.4 Å². The third-order valence-corrected chi connectivity index (χ3v) is 4.29. The fourth-order valence-corrected chi connectivity index (χ4v) is 3.10. The third-order valence-electron chi connectivity index (χ3n) is 4.29. The number of carboxylic acids is 1. The van der Waals surface area contributed by atoms with Gasteiger partial charge in [0.15, 0.2) is 0 Å². The van der Waals surface area contributed by atoms with E-state index in [2.05, 4.69) is 16.3 Å². The molecule has 2 N–H and O–H groups in total. The summed E-state index contributed by atoms with van der Waals surface area (Å²) in [6.45, 7) is 3.06. The molecule has 0 radical (unpaired) electrons. The number of hydrogen-bond donors (Lipinski definition) is 2. The molecule has 2 rings (SSSR count). The van der Waals surface area contributed by atoms with Crippen molar-refractivity contribution in [3.63, 3.8) is 0 Å². The Kier molecular flexibility index (Phi) is 5.17. The number of nitriles is 1. The molecule has 5 heteroatoms. The first-order valence-electron chi connectivity index (χ1n) is 7.22. The van der Waals surface area contributed by atoms with Crippen molar-refractivity contribution in [1.29, 1.82) is 5.26 Å². The molecule has 19 heavy (non-hydrogen) atoms. The number of likely N-dealkylation sites (tertiary alicyclic amines) is 1. The Morgan fingerprint density at radius 1 is 1.37 bits per heavy atom. The molecular formula is C14H23N3O2. The van der Waals surface area contributed by atoms with Crippen LogP contribution in [0.1, 0.15) is 32.1 Å². The molecular weight excluding hydrogens is 242 g/mol. The molecule has 0 aromatic carbocycles. The molecule has 2 fully saturated rings. The predicted molar refractivity (Wildman–Crippen MR) is 71.5 cm³/mol. The Balaban J connectivity index is 1.82. The van der Waals surface area contributed by atoms with Crippen molar-refractivity contribution >= 4 is 5.97 Å². The van der Waals surface area contributed by atoms with E-state index in [0.29, 0.717) is 12.6 Å². The lowest BCUT2D eigenvalue weighted by molar-refractivity contribution is -0.138. The van der Waals surface area contributed by atoms with Crippen molar-refractivity contribution in [2.24, 2.45) is 11.8 Å². The molecule has 0 bridgehead atoms. The van der Waals surface area contributed by atoms with Crippen molar-refractivity contribution in [2.75, 3.05) is 26.2 Å². The highest BCUT2D eigenvalue weighted by Gasteiger charge is 2.29. The molecule has 1 saturated carbocycles. The zero-order valence-corrected chi connectivity index (χ0v) is 11.3. The predicted octanol–water partition coefficient (Wildman–Crippen LogP) is 1.06. The van der Waals surface area contributed by atoms with E-state index in [1.165, 1.54) is 19.3 Å². The standard InChI is InChI=1S/C14H23N3O2/c15-4-5-17-9-12(7-14(18)19)6-13(10-17)16-8-11-2-1-3-11/h11-13,16H,1-3,5-10H2,(H,18,19). The van der Waals surface area contributed by atoms with E-state index < -0.39 is 5.97 Å². The third kappa shape index (κ3) is 4.48. The first kappa shape index (κ1) is 14.3. The number of carboxylic acid groups (broad SMARTS) is 1. The lowest BCUT2D eigenvalue weighted by Crippen LogP contribution is -2.50. The lowest BCUT2D eigenvalue weighted by Gasteiger charge is -2.38. The second kappa shape index (κ2) is 6.88. The van der Waals surface area contributed by atoms with Gasteiger partial charge in [-0.2, -0.15) is 5.26 Å². The molecule has 106 valence electrons. The van der Waals surface area contributed by atoms with Crippen LogP contribution in [0.25, 0.3) is 0 Å².